The maximum absolute atomic E-state index is 13.0. The van der Waals surface area contributed by atoms with Crippen LogP contribution in [-0.2, 0) is 6.54 Å². The first-order valence-electron chi connectivity index (χ1n) is 11.0. The molecule has 6 nitrogen and oxygen atoms in total. The van der Waals surface area contributed by atoms with Crippen molar-refractivity contribution < 1.29 is 4.79 Å². The van der Waals surface area contributed by atoms with E-state index in [9.17, 15) is 9.59 Å². The first kappa shape index (κ1) is 23.4. The molecule has 0 spiro atoms. The molecule has 31 heavy (non-hydrogen) atoms. The number of halogens is 1. The van der Waals surface area contributed by atoms with Crippen molar-refractivity contribution in [2.75, 3.05) is 25.5 Å². The maximum atomic E-state index is 13.0. The molecule has 1 fully saturated rings. The summed E-state index contributed by atoms with van der Waals surface area (Å²) in [5.74, 6) is -0.225. The zero-order valence-corrected chi connectivity index (χ0v) is 19.6. The Kier molecular flexibility index (Phi) is 7.79. The normalized spacial score (nSPS) is 18.8. The fraction of sp³-hybridized carbons (Fsp3) is 0.500. The SMILES string of the molecule is CCN(c1cc(Cl)cc(C(=O)NCc2ccc[nH]c2=O)c1C)[C@H]1CC[C@H](N(C)C)CC1. The summed E-state index contributed by atoms with van der Waals surface area (Å²) in [6.45, 7) is 5.16. The topological polar surface area (TPSA) is 68.4 Å². The first-order valence-corrected chi connectivity index (χ1v) is 11.4. The molecule has 168 valence electrons. The fourth-order valence-corrected chi connectivity index (χ4v) is 4.79. The van der Waals surface area contributed by atoms with Gasteiger partial charge < -0.3 is 20.1 Å². The van der Waals surface area contributed by atoms with Crippen LogP contribution in [0, 0.1) is 6.92 Å². The molecular weight excluding hydrogens is 412 g/mol. The number of nitrogens with zero attached hydrogens (tertiary/aromatic N) is 2. The van der Waals surface area contributed by atoms with E-state index in [1.54, 1.807) is 24.4 Å². The van der Waals surface area contributed by atoms with Crippen LogP contribution in [0.25, 0.3) is 0 Å². The fourth-order valence-electron chi connectivity index (χ4n) is 4.58. The van der Waals surface area contributed by atoms with Gasteiger partial charge in [-0.2, -0.15) is 0 Å². The van der Waals surface area contributed by atoms with E-state index in [1.807, 2.05) is 13.0 Å². The summed E-state index contributed by atoms with van der Waals surface area (Å²) in [5.41, 5.74) is 2.81. The second kappa shape index (κ2) is 10.3. The molecule has 0 saturated heterocycles. The zero-order chi connectivity index (χ0) is 22.5. The molecule has 1 amide bonds. The van der Waals surface area contributed by atoms with Gasteiger partial charge in [0.25, 0.3) is 11.5 Å². The molecule has 0 atom stereocenters. The van der Waals surface area contributed by atoms with Crippen LogP contribution >= 0.6 is 11.6 Å². The van der Waals surface area contributed by atoms with Crippen molar-refractivity contribution in [1.29, 1.82) is 0 Å². The van der Waals surface area contributed by atoms with Crippen LogP contribution in [0.4, 0.5) is 5.69 Å². The minimum Gasteiger partial charge on any atom is -0.369 e. The van der Waals surface area contributed by atoms with Crippen molar-refractivity contribution in [2.45, 2.75) is 58.2 Å². The first-order chi connectivity index (χ1) is 14.8. The Balaban J connectivity index is 1.79. The summed E-state index contributed by atoms with van der Waals surface area (Å²) in [4.78, 5) is 32.2. The van der Waals surface area contributed by atoms with Crippen molar-refractivity contribution >= 4 is 23.2 Å². The third-order valence-electron chi connectivity index (χ3n) is 6.42. The van der Waals surface area contributed by atoms with Gasteiger partial charge in [-0.15, -0.1) is 0 Å². The number of nitrogens with one attached hydrogen (secondary N) is 2. The van der Waals surface area contributed by atoms with Crippen molar-refractivity contribution in [3.05, 3.63) is 62.5 Å². The molecule has 0 aliphatic heterocycles. The summed E-state index contributed by atoms with van der Waals surface area (Å²) in [7, 11) is 4.30. The van der Waals surface area contributed by atoms with E-state index < -0.39 is 0 Å². The van der Waals surface area contributed by atoms with Gasteiger partial charge in [0.1, 0.15) is 0 Å². The van der Waals surface area contributed by atoms with Crippen LogP contribution in [-0.4, -0.2) is 48.5 Å². The molecule has 3 rings (SSSR count). The predicted octanol–water partition coefficient (Wildman–Crippen LogP) is 3.97. The van der Waals surface area contributed by atoms with Gasteiger partial charge in [0, 0.05) is 53.2 Å². The average Bonchev–Trinajstić information content (AvgIpc) is 2.76. The van der Waals surface area contributed by atoms with Crippen LogP contribution in [0.1, 0.15) is 54.1 Å². The number of H-pyrrole nitrogens is 1. The van der Waals surface area contributed by atoms with Gasteiger partial charge in [-0.3, -0.25) is 9.59 Å². The highest BCUT2D eigenvalue weighted by atomic mass is 35.5. The molecule has 0 bridgehead atoms. The molecule has 2 aromatic rings. The quantitative estimate of drug-likeness (QED) is 0.678. The maximum Gasteiger partial charge on any atom is 0.252 e. The third-order valence-corrected chi connectivity index (χ3v) is 6.63. The lowest BCUT2D eigenvalue weighted by Crippen LogP contribution is -2.42. The average molecular weight is 445 g/mol. The van der Waals surface area contributed by atoms with Gasteiger partial charge in [-0.05, 0) is 77.4 Å². The van der Waals surface area contributed by atoms with E-state index in [0.717, 1.165) is 30.6 Å². The van der Waals surface area contributed by atoms with Crippen molar-refractivity contribution in [3.63, 3.8) is 0 Å². The summed E-state index contributed by atoms with van der Waals surface area (Å²) in [6.07, 6.45) is 6.17. The van der Waals surface area contributed by atoms with E-state index in [1.165, 1.54) is 12.8 Å². The van der Waals surface area contributed by atoms with Crippen LogP contribution in [0.2, 0.25) is 5.02 Å². The Bertz CT molecular complexity index is 964. The number of rotatable bonds is 7. The van der Waals surface area contributed by atoms with E-state index in [0.29, 0.717) is 28.2 Å². The molecule has 1 aliphatic carbocycles. The standard InChI is InChI=1S/C24H33ClN4O2/c1-5-29(20-10-8-19(9-11-20)28(3)4)22-14-18(25)13-21(16(22)2)24(31)27-15-17-7-6-12-26-23(17)30/h6-7,12-14,19-20H,5,8-11,15H2,1-4H3,(H,26,30)(H,27,31)/t19-,20-. The highest BCUT2D eigenvalue weighted by Gasteiger charge is 2.28. The molecule has 0 unspecified atom stereocenters. The largest absolute Gasteiger partial charge is 0.369 e. The Morgan fingerprint density at radius 3 is 2.48 bits per heavy atom. The predicted molar refractivity (Wildman–Crippen MR) is 127 cm³/mol. The number of carbonyl (C=O) groups is 1. The molecule has 2 N–H and O–H groups in total. The van der Waals surface area contributed by atoms with Crippen molar-refractivity contribution in [1.82, 2.24) is 15.2 Å². The molecule has 1 aromatic carbocycles. The molecule has 0 radical (unpaired) electrons. The summed E-state index contributed by atoms with van der Waals surface area (Å²) in [6, 6.07) is 8.21. The van der Waals surface area contributed by atoms with Gasteiger partial charge in [-0.25, -0.2) is 0 Å². The Hall–Kier alpha value is -2.31. The smallest absolute Gasteiger partial charge is 0.252 e. The number of aromatic nitrogens is 1. The molecule has 1 aromatic heterocycles. The number of hydrogen-bond donors (Lipinski definition) is 2. The summed E-state index contributed by atoms with van der Waals surface area (Å²) in [5, 5.41) is 3.41. The summed E-state index contributed by atoms with van der Waals surface area (Å²) >= 11 is 6.44. The minimum absolute atomic E-state index is 0.169. The van der Waals surface area contributed by atoms with E-state index in [2.05, 4.69) is 41.1 Å². The highest BCUT2D eigenvalue weighted by molar-refractivity contribution is 6.31. The monoisotopic (exact) mass is 444 g/mol. The molecule has 1 heterocycles. The number of anilines is 1. The zero-order valence-electron chi connectivity index (χ0n) is 18.9. The molecular formula is C24H33ClN4O2. The number of pyridine rings is 1. The lowest BCUT2D eigenvalue weighted by atomic mass is 9.89. The number of aromatic amines is 1. The Morgan fingerprint density at radius 2 is 1.87 bits per heavy atom. The van der Waals surface area contributed by atoms with Crippen LogP contribution in [0.5, 0.6) is 0 Å². The Labute approximate surface area is 189 Å². The highest BCUT2D eigenvalue weighted by Crippen LogP contribution is 2.34. The van der Waals surface area contributed by atoms with Crippen LogP contribution in [0.3, 0.4) is 0 Å². The lowest BCUT2D eigenvalue weighted by Gasteiger charge is -2.40. The van der Waals surface area contributed by atoms with E-state index in [4.69, 9.17) is 11.6 Å². The minimum atomic E-state index is -0.225. The van der Waals surface area contributed by atoms with Gasteiger partial charge in [-0.1, -0.05) is 17.7 Å². The third kappa shape index (κ3) is 5.49. The molecule has 1 aliphatic rings. The lowest BCUT2D eigenvalue weighted by molar-refractivity contribution is 0.0950. The molecule has 7 heteroatoms. The number of benzene rings is 1. The van der Waals surface area contributed by atoms with E-state index >= 15 is 0 Å². The number of amides is 1. The van der Waals surface area contributed by atoms with Gasteiger partial charge in [0.05, 0.1) is 0 Å². The van der Waals surface area contributed by atoms with Gasteiger partial charge in [0.15, 0.2) is 0 Å². The van der Waals surface area contributed by atoms with E-state index in [-0.39, 0.29) is 18.0 Å². The second-order valence-corrected chi connectivity index (χ2v) is 8.95. The van der Waals surface area contributed by atoms with Crippen molar-refractivity contribution in [2.24, 2.45) is 0 Å². The van der Waals surface area contributed by atoms with Gasteiger partial charge >= 0.3 is 0 Å². The van der Waals surface area contributed by atoms with Crippen molar-refractivity contribution in [3.8, 4) is 0 Å². The summed E-state index contributed by atoms with van der Waals surface area (Å²) < 4.78 is 0. The number of hydrogen-bond acceptors (Lipinski definition) is 4. The molecule has 1 saturated carbocycles. The second-order valence-electron chi connectivity index (χ2n) is 8.52. The van der Waals surface area contributed by atoms with Crippen LogP contribution in [0.15, 0.2) is 35.3 Å². The number of carbonyl (C=O) groups excluding carboxylic acids is 1. The Morgan fingerprint density at radius 1 is 1.19 bits per heavy atom. The van der Waals surface area contributed by atoms with Gasteiger partial charge in [0.2, 0.25) is 0 Å². The van der Waals surface area contributed by atoms with Crippen LogP contribution < -0.4 is 15.8 Å².